The monoisotopic (exact) mass is 503 g/mol. The number of nitrogens with zero attached hydrogens (tertiary/aromatic N) is 1. The normalized spacial score (nSPS) is 19.1. The topological polar surface area (TPSA) is 57.2 Å². The van der Waals surface area contributed by atoms with Gasteiger partial charge in [-0.15, -0.1) is 0 Å². The zero-order valence-corrected chi connectivity index (χ0v) is 21.0. The van der Waals surface area contributed by atoms with E-state index in [1.165, 1.54) is 12.1 Å². The highest BCUT2D eigenvalue weighted by molar-refractivity contribution is 5.70. The second kappa shape index (κ2) is 11.6. The number of rotatable bonds is 12. The van der Waals surface area contributed by atoms with Gasteiger partial charge in [0.15, 0.2) is 0 Å². The van der Waals surface area contributed by atoms with E-state index < -0.39 is 11.7 Å². The summed E-state index contributed by atoms with van der Waals surface area (Å²) in [6, 6.07) is 13.7. The largest absolute Gasteiger partial charge is 0.463 e. The number of benzene rings is 2. The van der Waals surface area contributed by atoms with Crippen molar-refractivity contribution in [2.75, 3.05) is 26.3 Å². The van der Waals surface area contributed by atoms with E-state index >= 15 is 0 Å². The Morgan fingerprint density at radius 3 is 2.64 bits per heavy atom. The van der Waals surface area contributed by atoms with Gasteiger partial charge in [0.1, 0.15) is 11.9 Å². The van der Waals surface area contributed by atoms with Crippen LogP contribution >= 0.6 is 0 Å². The minimum atomic E-state index is -2.87. The molecule has 8 heteroatoms. The second-order valence-electron chi connectivity index (χ2n) is 9.82. The van der Waals surface area contributed by atoms with Crippen molar-refractivity contribution in [1.29, 1.82) is 0 Å². The van der Waals surface area contributed by atoms with Gasteiger partial charge in [0.25, 0.3) is 5.92 Å². The van der Waals surface area contributed by atoms with Crippen LogP contribution in [0.2, 0.25) is 0 Å². The summed E-state index contributed by atoms with van der Waals surface area (Å²) in [5.74, 6) is -2.72. The maximum absolute atomic E-state index is 14.1. The van der Waals surface area contributed by atoms with E-state index in [1.807, 2.05) is 32.0 Å². The summed E-state index contributed by atoms with van der Waals surface area (Å²) >= 11 is 0. The average Bonchev–Trinajstić information content (AvgIpc) is 3.23. The molecule has 1 atom stereocenters. The lowest BCUT2D eigenvalue weighted by atomic mass is 10.0. The van der Waals surface area contributed by atoms with E-state index in [0.717, 1.165) is 42.6 Å². The fourth-order valence-corrected chi connectivity index (χ4v) is 4.41. The highest BCUT2D eigenvalue weighted by Crippen LogP contribution is 2.35. The van der Waals surface area contributed by atoms with Gasteiger partial charge in [-0.05, 0) is 30.5 Å². The Hall–Kier alpha value is -2.71. The van der Waals surface area contributed by atoms with Gasteiger partial charge in [-0.2, -0.15) is 0 Å². The molecule has 2 aromatic rings. The first-order valence-corrected chi connectivity index (χ1v) is 12.7. The number of cyclic esters (lactones) is 1. The minimum absolute atomic E-state index is 0.0231. The molecule has 0 N–H and O–H groups in total. The van der Waals surface area contributed by atoms with Gasteiger partial charge in [-0.1, -0.05) is 49.2 Å². The summed E-state index contributed by atoms with van der Waals surface area (Å²) in [7, 11) is 0. The van der Waals surface area contributed by atoms with Crippen molar-refractivity contribution in [3.05, 3.63) is 65.2 Å². The number of fused-ring (bicyclic) bond motifs is 1. The Bertz CT molecular complexity index is 1010. The molecule has 2 aliphatic rings. The first kappa shape index (κ1) is 26.4. The number of carbonyl (C=O) groups excluding carboxylic acids is 1. The maximum atomic E-state index is 14.1. The predicted octanol–water partition coefficient (Wildman–Crippen LogP) is 6.58. The predicted molar refractivity (Wildman–Crippen MR) is 131 cm³/mol. The average molecular weight is 504 g/mol. The summed E-state index contributed by atoms with van der Waals surface area (Å²) in [6.07, 6.45) is 2.59. The lowest BCUT2D eigenvalue weighted by Crippen LogP contribution is -2.35. The first-order valence-electron chi connectivity index (χ1n) is 12.7. The van der Waals surface area contributed by atoms with Crippen LogP contribution in [0.15, 0.2) is 48.5 Å². The number of hydrogen-bond acceptors (Lipinski definition) is 5. The number of amides is 1. The fraction of sp³-hybridized carbons (Fsp3) is 0.536. The zero-order chi connectivity index (χ0) is 25.6. The van der Waals surface area contributed by atoms with Crippen molar-refractivity contribution >= 4 is 6.09 Å². The van der Waals surface area contributed by atoms with Gasteiger partial charge < -0.3 is 23.8 Å². The molecular formula is C28H35F2NO5. The van der Waals surface area contributed by atoms with Crippen molar-refractivity contribution in [3.63, 3.8) is 0 Å². The summed E-state index contributed by atoms with van der Waals surface area (Å²) in [4.78, 5) is 14.1. The van der Waals surface area contributed by atoms with Crippen LogP contribution in [0.4, 0.5) is 13.6 Å². The van der Waals surface area contributed by atoms with Crippen molar-refractivity contribution in [2.24, 2.45) is 0 Å². The van der Waals surface area contributed by atoms with Crippen molar-refractivity contribution in [1.82, 2.24) is 4.90 Å². The van der Waals surface area contributed by atoms with Crippen molar-refractivity contribution in [3.8, 4) is 5.75 Å². The quantitative estimate of drug-likeness (QED) is 0.306. The third-order valence-corrected chi connectivity index (χ3v) is 6.50. The van der Waals surface area contributed by atoms with Gasteiger partial charge in [0, 0.05) is 44.5 Å². The number of halogens is 2. The van der Waals surface area contributed by atoms with Crippen LogP contribution in [0.5, 0.6) is 5.75 Å². The van der Waals surface area contributed by atoms with Gasteiger partial charge >= 0.3 is 6.09 Å². The summed E-state index contributed by atoms with van der Waals surface area (Å²) in [5.41, 5.74) is 1.91. The van der Waals surface area contributed by atoms with E-state index in [0.29, 0.717) is 26.3 Å². The van der Waals surface area contributed by atoms with Crippen LogP contribution in [0.25, 0.3) is 0 Å². The van der Waals surface area contributed by atoms with Gasteiger partial charge in [-0.25, -0.2) is 13.6 Å². The molecule has 1 saturated heterocycles. The third-order valence-electron chi connectivity index (χ3n) is 6.50. The molecule has 0 saturated carbocycles. The number of unbranched alkanes of at least 4 members (excludes halogenated alkanes) is 3. The number of carbonyl (C=O) groups is 1. The van der Waals surface area contributed by atoms with E-state index in [4.69, 9.17) is 18.9 Å². The van der Waals surface area contributed by atoms with Gasteiger partial charge in [0.2, 0.25) is 5.79 Å². The molecule has 0 bridgehead atoms. The van der Waals surface area contributed by atoms with Crippen molar-refractivity contribution in [2.45, 2.75) is 70.4 Å². The van der Waals surface area contributed by atoms with Crippen molar-refractivity contribution < 1.29 is 32.5 Å². The molecule has 0 unspecified atom stereocenters. The molecule has 0 aliphatic carbocycles. The molecule has 2 aliphatic heterocycles. The molecule has 2 aromatic carbocycles. The van der Waals surface area contributed by atoms with Crippen LogP contribution < -0.4 is 4.74 Å². The molecule has 196 valence electrons. The Labute approximate surface area is 211 Å². The maximum Gasteiger partial charge on any atom is 0.410 e. The van der Waals surface area contributed by atoms with Crippen LogP contribution in [0, 0.1) is 0 Å². The van der Waals surface area contributed by atoms with Crippen LogP contribution in [-0.2, 0) is 26.7 Å². The Morgan fingerprint density at radius 2 is 1.83 bits per heavy atom. The zero-order valence-electron chi connectivity index (χ0n) is 21.0. The number of alkyl halides is 2. The number of ether oxygens (including phenoxy) is 4. The molecule has 0 radical (unpaired) electrons. The summed E-state index contributed by atoms with van der Waals surface area (Å²) in [6.45, 7) is 5.85. The SMILES string of the molecule is CC1(C)OCc2cc([C@H]3CN(CCCCCCOCCC(F)(F)c4ccccc4)C(=O)O3)ccc2O1. The molecule has 36 heavy (non-hydrogen) atoms. The summed E-state index contributed by atoms with van der Waals surface area (Å²) in [5, 5.41) is 0. The van der Waals surface area contributed by atoms with Gasteiger partial charge in [0.05, 0.1) is 19.8 Å². The Morgan fingerprint density at radius 1 is 1.06 bits per heavy atom. The van der Waals surface area contributed by atoms with E-state index in [-0.39, 0.29) is 30.8 Å². The molecule has 0 spiro atoms. The number of hydrogen-bond donors (Lipinski definition) is 0. The smallest absolute Gasteiger partial charge is 0.410 e. The molecule has 0 aromatic heterocycles. The van der Waals surface area contributed by atoms with E-state index in [1.54, 1.807) is 23.1 Å². The molecular weight excluding hydrogens is 468 g/mol. The fourth-order valence-electron chi connectivity index (χ4n) is 4.41. The third kappa shape index (κ3) is 6.95. The first-order chi connectivity index (χ1) is 17.2. The molecule has 1 amide bonds. The minimum Gasteiger partial charge on any atom is -0.463 e. The van der Waals surface area contributed by atoms with Crippen LogP contribution in [0.3, 0.4) is 0 Å². The lowest BCUT2D eigenvalue weighted by molar-refractivity contribution is -0.180. The highest BCUT2D eigenvalue weighted by Gasteiger charge is 2.34. The molecule has 2 heterocycles. The molecule has 4 rings (SSSR count). The van der Waals surface area contributed by atoms with Crippen LogP contribution in [0.1, 0.15) is 68.7 Å². The lowest BCUT2D eigenvalue weighted by Gasteiger charge is -2.32. The molecule has 1 fully saturated rings. The van der Waals surface area contributed by atoms with E-state index in [9.17, 15) is 13.6 Å². The van der Waals surface area contributed by atoms with Gasteiger partial charge in [-0.3, -0.25) is 0 Å². The van der Waals surface area contributed by atoms with E-state index in [2.05, 4.69) is 0 Å². The highest BCUT2D eigenvalue weighted by atomic mass is 19.3. The summed E-state index contributed by atoms with van der Waals surface area (Å²) < 4.78 is 50.8. The second-order valence-corrected chi connectivity index (χ2v) is 9.82. The molecule has 6 nitrogen and oxygen atoms in total. The Kier molecular flexibility index (Phi) is 8.46. The van der Waals surface area contributed by atoms with Crippen LogP contribution in [-0.4, -0.2) is 43.1 Å². The standard InChI is InChI=1S/C28H35F2NO5/c1-27(2)34-20-22-18-21(12-13-24(22)36-27)25-19-31(26(32)35-25)15-8-3-4-9-16-33-17-14-28(29,30)23-10-6-5-7-11-23/h5-7,10-13,18,25H,3-4,8-9,14-17,19-20H2,1-2H3/t25-/m1/s1. The Balaban J connectivity index is 1.09.